The van der Waals surface area contributed by atoms with Gasteiger partial charge in [0.25, 0.3) is 6.43 Å². The number of carbonyl (C=O) groups is 1. The molecule has 0 bridgehead atoms. The average molecular weight is 324 g/mol. The number of amides is 1. The van der Waals surface area contributed by atoms with Crippen LogP contribution in [0.1, 0.15) is 5.56 Å². The van der Waals surface area contributed by atoms with E-state index in [0.29, 0.717) is 15.6 Å². The van der Waals surface area contributed by atoms with Gasteiger partial charge in [0.15, 0.2) is 0 Å². The zero-order valence-corrected chi connectivity index (χ0v) is 11.9. The lowest BCUT2D eigenvalue weighted by atomic mass is 10.2. The number of alkyl halides is 2. The quantitative estimate of drug-likeness (QED) is 0.817. The predicted octanol–water partition coefficient (Wildman–Crippen LogP) is 3.09. The number of benzene rings is 1. The monoisotopic (exact) mass is 323 g/mol. The number of nitrogens with zero attached hydrogens (tertiary/aromatic N) is 1. The number of aliphatic hydroxyl groups excluding tert-OH is 1. The molecule has 7 heteroatoms. The molecular formula is C13H13Cl2F2NO2. The van der Waals surface area contributed by atoms with E-state index in [1.807, 2.05) is 0 Å². The lowest BCUT2D eigenvalue weighted by Gasteiger charge is -2.19. The second-order valence-electron chi connectivity index (χ2n) is 3.87. The van der Waals surface area contributed by atoms with E-state index in [4.69, 9.17) is 28.3 Å². The highest BCUT2D eigenvalue weighted by molar-refractivity contribution is 6.37. The molecule has 1 N–H and O–H groups in total. The molecule has 0 radical (unpaired) electrons. The van der Waals surface area contributed by atoms with Crippen molar-refractivity contribution in [3.05, 3.63) is 39.9 Å². The Hall–Kier alpha value is -1.17. The normalized spacial score (nSPS) is 11.3. The van der Waals surface area contributed by atoms with E-state index in [2.05, 4.69) is 0 Å². The third-order valence-electron chi connectivity index (χ3n) is 2.43. The summed E-state index contributed by atoms with van der Waals surface area (Å²) in [5.41, 5.74) is 0.435. The van der Waals surface area contributed by atoms with E-state index >= 15 is 0 Å². The third-order valence-corrected chi connectivity index (χ3v) is 3.09. The molecule has 1 rings (SSSR count). The van der Waals surface area contributed by atoms with Crippen molar-refractivity contribution in [3.63, 3.8) is 0 Å². The molecule has 3 nitrogen and oxygen atoms in total. The highest BCUT2D eigenvalue weighted by Crippen LogP contribution is 2.25. The summed E-state index contributed by atoms with van der Waals surface area (Å²) in [5, 5.41) is 9.47. The van der Waals surface area contributed by atoms with Gasteiger partial charge in [0, 0.05) is 28.2 Å². The summed E-state index contributed by atoms with van der Waals surface area (Å²) in [5.74, 6) is -0.643. The van der Waals surface area contributed by atoms with Crippen LogP contribution in [0.2, 0.25) is 10.0 Å². The van der Waals surface area contributed by atoms with Crippen LogP contribution in [0.15, 0.2) is 24.3 Å². The molecule has 0 fully saturated rings. The molecule has 0 saturated heterocycles. The van der Waals surface area contributed by atoms with E-state index in [1.165, 1.54) is 6.08 Å². The molecule has 0 heterocycles. The maximum absolute atomic E-state index is 12.3. The summed E-state index contributed by atoms with van der Waals surface area (Å²) >= 11 is 11.8. The second kappa shape index (κ2) is 8.19. The van der Waals surface area contributed by atoms with Crippen molar-refractivity contribution < 1.29 is 18.7 Å². The van der Waals surface area contributed by atoms with Crippen molar-refractivity contribution in [3.8, 4) is 0 Å². The number of rotatable bonds is 6. The first-order chi connectivity index (χ1) is 9.45. The van der Waals surface area contributed by atoms with Crippen LogP contribution >= 0.6 is 23.2 Å². The van der Waals surface area contributed by atoms with Gasteiger partial charge in [-0.3, -0.25) is 4.79 Å². The lowest BCUT2D eigenvalue weighted by Crippen LogP contribution is -2.36. The Morgan fingerprint density at radius 3 is 2.45 bits per heavy atom. The van der Waals surface area contributed by atoms with Crippen LogP contribution in [0.3, 0.4) is 0 Å². The molecule has 0 spiro atoms. The average Bonchev–Trinajstić information content (AvgIpc) is 2.37. The molecule has 0 saturated carbocycles. The van der Waals surface area contributed by atoms with Crippen LogP contribution in [-0.4, -0.2) is 42.0 Å². The van der Waals surface area contributed by atoms with Crippen molar-refractivity contribution in [2.75, 3.05) is 19.7 Å². The van der Waals surface area contributed by atoms with Gasteiger partial charge >= 0.3 is 0 Å². The second-order valence-corrected chi connectivity index (χ2v) is 4.68. The van der Waals surface area contributed by atoms with Gasteiger partial charge in [-0.2, -0.15) is 0 Å². The van der Waals surface area contributed by atoms with E-state index in [1.54, 1.807) is 18.2 Å². The fourth-order valence-corrected chi connectivity index (χ4v) is 2.03. The molecule has 0 aliphatic carbocycles. The number of halogens is 4. The SMILES string of the molecule is O=C(/C=C/c1c(Cl)cccc1Cl)N(CCO)CC(F)F. The molecule has 0 unspecified atom stereocenters. The van der Waals surface area contributed by atoms with Gasteiger partial charge in [-0.25, -0.2) is 8.78 Å². The van der Waals surface area contributed by atoms with Crippen LogP contribution in [0.25, 0.3) is 6.08 Å². The fraction of sp³-hybridized carbons (Fsp3) is 0.308. The maximum atomic E-state index is 12.3. The van der Waals surface area contributed by atoms with Crippen LogP contribution in [-0.2, 0) is 4.79 Å². The molecule has 1 aromatic carbocycles. The number of carbonyl (C=O) groups excluding carboxylic acids is 1. The summed E-state index contributed by atoms with van der Waals surface area (Å²) < 4.78 is 24.6. The first-order valence-corrected chi connectivity index (χ1v) is 6.51. The first-order valence-electron chi connectivity index (χ1n) is 5.75. The number of hydrogen-bond donors (Lipinski definition) is 1. The van der Waals surface area contributed by atoms with Gasteiger partial charge < -0.3 is 10.0 Å². The predicted molar refractivity (Wildman–Crippen MR) is 75.2 cm³/mol. The molecule has 1 amide bonds. The molecule has 110 valence electrons. The van der Waals surface area contributed by atoms with Gasteiger partial charge in [-0.05, 0) is 18.2 Å². The Morgan fingerprint density at radius 1 is 1.35 bits per heavy atom. The summed E-state index contributed by atoms with van der Waals surface area (Å²) in [7, 11) is 0. The van der Waals surface area contributed by atoms with E-state index in [0.717, 1.165) is 11.0 Å². The van der Waals surface area contributed by atoms with E-state index in [9.17, 15) is 13.6 Å². The summed E-state index contributed by atoms with van der Waals surface area (Å²) in [6.07, 6.45) is -0.198. The van der Waals surface area contributed by atoms with Crippen molar-refractivity contribution in [2.45, 2.75) is 6.43 Å². The van der Waals surface area contributed by atoms with Gasteiger partial charge in [-0.1, -0.05) is 29.3 Å². The minimum absolute atomic E-state index is 0.163. The van der Waals surface area contributed by atoms with Crippen molar-refractivity contribution in [2.24, 2.45) is 0 Å². The van der Waals surface area contributed by atoms with Gasteiger partial charge in [0.05, 0.1) is 13.2 Å². The standard InChI is InChI=1S/C13H13Cl2F2NO2/c14-10-2-1-3-11(15)9(10)4-5-13(20)18(6-7-19)8-12(16)17/h1-5,12,19H,6-8H2/b5-4+. The van der Waals surface area contributed by atoms with Crippen LogP contribution < -0.4 is 0 Å². The first kappa shape index (κ1) is 16.9. The van der Waals surface area contributed by atoms with Crippen LogP contribution in [0.4, 0.5) is 8.78 Å². The van der Waals surface area contributed by atoms with Gasteiger partial charge in [0.1, 0.15) is 0 Å². The zero-order valence-electron chi connectivity index (χ0n) is 10.4. The van der Waals surface area contributed by atoms with Gasteiger partial charge in [-0.15, -0.1) is 0 Å². The Morgan fingerprint density at radius 2 is 1.95 bits per heavy atom. The molecule has 20 heavy (non-hydrogen) atoms. The summed E-state index contributed by atoms with van der Waals surface area (Å²) in [6.45, 7) is -1.29. The highest BCUT2D eigenvalue weighted by Gasteiger charge is 2.15. The van der Waals surface area contributed by atoms with E-state index in [-0.39, 0.29) is 13.2 Å². The topological polar surface area (TPSA) is 40.5 Å². The Bertz CT molecular complexity index is 475. The van der Waals surface area contributed by atoms with Crippen molar-refractivity contribution >= 4 is 35.2 Å². The minimum Gasteiger partial charge on any atom is -0.395 e. The summed E-state index contributed by atoms with van der Waals surface area (Å²) in [4.78, 5) is 12.6. The third kappa shape index (κ3) is 5.07. The van der Waals surface area contributed by atoms with Crippen molar-refractivity contribution in [1.29, 1.82) is 0 Å². The number of aliphatic hydroxyl groups is 1. The Kier molecular flexibility index (Phi) is 6.91. The molecule has 0 aromatic heterocycles. The van der Waals surface area contributed by atoms with Crippen molar-refractivity contribution in [1.82, 2.24) is 4.90 Å². The largest absolute Gasteiger partial charge is 0.395 e. The van der Waals surface area contributed by atoms with E-state index < -0.39 is 18.9 Å². The molecular weight excluding hydrogens is 311 g/mol. The Labute approximate surface area is 125 Å². The van der Waals surface area contributed by atoms with Crippen LogP contribution in [0, 0.1) is 0 Å². The summed E-state index contributed by atoms with van der Waals surface area (Å²) in [6, 6.07) is 4.85. The lowest BCUT2D eigenvalue weighted by molar-refractivity contribution is -0.128. The minimum atomic E-state index is -2.66. The van der Waals surface area contributed by atoms with Crippen LogP contribution in [0.5, 0.6) is 0 Å². The molecule has 0 atom stereocenters. The molecule has 0 aliphatic rings. The smallest absolute Gasteiger partial charge is 0.255 e. The highest BCUT2D eigenvalue weighted by atomic mass is 35.5. The molecule has 0 aliphatic heterocycles. The zero-order chi connectivity index (χ0) is 15.1. The number of hydrogen-bond acceptors (Lipinski definition) is 2. The maximum Gasteiger partial charge on any atom is 0.255 e. The van der Waals surface area contributed by atoms with Gasteiger partial charge in [0.2, 0.25) is 5.91 Å². The molecule has 1 aromatic rings. The Balaban J connectivity index is 2.84. The fourth-order valence-electron chi connectivity index (χ4n) is 1.51.